The van der Waals surface area contributed by atoms with Gasteiger partial charge in [-0.05, 0) is 37.1 Å². The van der Waals surface area contributed by atoms with Crippen LogP contribution >= 0.6 is 0 Å². The van der Waals surface area contributed by atoms with E-state index in [4.69, 9.17) is 30.6 Å². The number of benzene rings is 1. The topological polar surface area (TPSA) is 138 Å². The Labute approximate surface area is 102 Å². The fourth-order valence-corrected chi connectivity index (χ4v) is 1.33. The second-order valence-electron chi connectivity index (χ2n) is 3.45. The van der Waals surface area contributed by atoms with Crippen LogP contribution in [-0.2, 0) is 9.59 Å². The molecule has 1 aromatic carbocycles. The molecule has 5 N–H and O–H groups in total. The molecule has 0 atom stereocenters. The lowest BCUT2D eigenvalue weighted by Crippen LogP contribution is -2.09. The second-order valence-corrected chi connectivity index (χ2v) is 3.45. The lowest BCUT2D eigenvalue weighted by atomic mass is 10.0. The van der Waals surface area contributed by atoms with E-state index in [2.05, 4.69) is 0 Å². The summed E-state index contributed by atoms with van der Waals surface area (Å²) in [7, 11) is 0. The summed E-state index contributed by atoms with van der Waals surface area (Å²) in [5.74, 6) is -4.55. The zero-order valence-electron chi connectivity index (χ0n) is 9.80. The van der Waals surface area contributed by atoms with Crippen LogP contribution in [0.4, 0.5) is 5.69 Å². The normalized spacial score (nSPS) is 9.00. The number of carboxylic acids is 3. The minimum atomic E-state index is -1.82. The molecule has 0 aliphatic rings. The highest BCUT2D eigenvalue weighted by molar-refractivity contribution is 6.27. The van der Waals surface area contributed by atoms with Crippen molar-refractivity contribution >= 4 is 23.6 Å². The summed E-state index contributed by atoms with van der Waals surface area (Å²) in [6.45, 7) is 3.49. The molecule has 0 heterocycles. The fraction of sp³-hybridized carbons (Fsp3) is 0.182. The summed E-state index contributed by atoms with van der Waals surface area (Å²) in [5, 5.41) is 23.6. The molecular formula is C11H13NO6. The van der Waals surface area contributed by atoms with Gasteiger partial charge in [-0.15, -0.1) is 0 Å². The molecule has 0 aromatic heterocycles. The van der Waals surface area contributed by atoms with Gasteiger partial charge in [0, 0.05) is 5.69 Å². The number of nitrogen functional groups attached to an aromatic ring is 1. The number of hydrogen-bond acceptors (Lipinski definition) is 4. The van der Waals surface area contributed by atoms with E-state index in [9.17, 15) is 4.79 Å². The van der Waals surface area contributed by atoms with Crippen molar-refractivity contribution in [2.75, 3.05) is 5.73 Å². The lowest BCUT2D eigenvalue weighted by Gasteiger charge is -2.05. The Morgan fingerprint density at radius 3 is 1.50 bits per heavy atom. The third-order valence-corrected chi connectivity index (χ3v) is 1.95. The van der Waals surface area contributed by atoms with Crippen LogP contribution in [0.3, 0.4) is 0 Å². The Hall–Kier alpha value is -2.57. The van der Waals surface area contributed by atoms with Crippen LogP contribution in [-0.4, -0.2) is 33.2 Å². The number of aryl methyl sites for hydroxylation is 2. The van der Waals surface area contributed by atoms with Crippen LogP contribution < -0.4 is 5.73 Å². The van der Waals surface area contributed by atoms with Crippen molar-refractivity contribution in [2.45, 2.75) is 13.8 Å². The quantitative estimate of drug-likeness (QED) is 0.428. The van der Waals surface area contributed by atoms with Crippen molar-refractivity contribution in [1.29, 1.82) is 0 Å². The van der Waals surface area contributed by atoms with Gasteiger partial charge in [-0.2, -0.15) is 0 Å². The summed E-state index contributed by atoms with van der Waals surface area (Å²) in [6.07, 6.45) is 0. The van der Waals surface area contributed by atoms with Gasteiger partial charge in [-0.25, -0.2) is 14.4 Å². The first-order valence-corrected chi connectivity index (χ1v) is 4.73. The first-order chi connectivity index (χ1) is 8.16. The highest BCUT2D eigenvalue weighted by atomic mass is 16.4. The Balaban J connectivity index is 0.000000411. The zero-order valence-corrected chi connectivity index (χ0v) is 9.80. The number of rotatable bonds is 1. The van der Waals surface area contributed by atoms with E-state index in [1.165, 1.54) is 0 Å². The number of carbonyl (C=O) groups is 3. The molecule has 1 aromatic rings. The third-order valence-electron chi connectivity index (χ3n) is 1.95. The van der Waals surface area contributed by atoms with Gasteiger partial charge in [0.2, 0.25) is 0 Å². The molecule has 0 spiro atoms. The van der Waals surface area contributed by atoms with Gasteiger partial charge in [0.25, 0.3) is 0 Å². The van der Waals surface area contributed by atoms with Gasteiger partial charge in [0.15, 0.2) is 0 Å². The minimum absolute atomic E-state index is 0.351. The molecular weight excluding hydrogens is 242 g/mol. The number of hydrogen-bond donors (Lipinski definition) is 4. The smallest absolute Gasteiger partial charge is 0.414 e. The predicted octanol–water partition coefficient (Wildman–Crippen LogP) is 0.739. The summed E-state index contributed by atoms with van der Waals surface area (Å²) in [5.41, 5.74) is 7.91. The molecule has 0 radical (unpaired) electrons. The Morgan fingerprint density at radius 1 is 0.944 bits per heavy atom. The maximum atomic E-state index is 10.7. The lowest BCUT2D eigenvalue weighted by molar-refractivity contribution is -0.159. The monoisotopic (exact) mass is 255 g/mol. The number of carboxylic acid groups (broad SMARTS) is 3. The average Bonchev–Trinajstić information content (AvgIpc) is 2.15. The summed E-state index contributed by atoms with van der Waals surface area (Å²) in [4.78, 5) is 28.9. The second kappa shape index (κ2) is 6.24. The molecule has 98 valence electrons. The molecule has 0 unspecified atom stereocenters. The summed E-state index contributed by atoms with van der Waals surface area (Å²) < 4.78 is 0. The van der Waals surface area contributed by atoms with Crippen LogP contribution in [0.25, 0.3) is 0 Å². The number of aromatic carboxylic acids is 1. The molecule has 0 aliphatic carbocycles. The standard InChI is InChI=1S/C9H11NO2.C2H2O4/c1-5-3-7(10)4-6(2)8(5)9(11)12;3-1(4)2(5)6/h3-4H,10H2,1-2H3,(H,11,12);(H,3,4)(H,5,6). The van der Waals surface area contributed by atoms with E-state index in [1.807, 2.05) is 0 Å². The van der Waals surface area contributed by atoms with E-state index < -0.39 is 17.9 Å². The van der Waals surface area contributed by atoms with Crippen molar-refractivity contribution in [2.24, 2.45) is 0 Å². The average molecular weight is 255 g/mol. The van der Waals surface area contributed by atoms with Crippen molar-refractivity contribution in [3.05, 3.63) is 28.8 Å². The molecule has 0 amide bonds. The van der Waals surface area contributed by atoms with Crippen LogP contribution in [0, 0.1) is 13.8 Å². The predicted molar refractivity (Wildman–Crippen MR) is 62.6 cm³/mol. The van der Waals surface area contributed by atoms with Gasteiger partial charge < -0.3 is 21.1 Å². The van der Waals surface area contributed by atoms with E-state index in [0.717, 1.165) is 0 Å². The van der Waals surface area contributed by atoms with Gasteiger partial charge >= 0.3 is 17.9 Å². The zero-order chi connectivity index (χ0) is 14.5. The maximum Gasteiger partial charge on any atom is 0.414 e. The molecule has 18 heavy (non-hydrogen) atoms. The first-order valence-electron chi connectivity index (χ1n) is 4.73. The minimum Gasteiger partial charge on any atom is -0.478 e. The van der Waals surface area contributed by atoms with Gasteiger partial charge in [-0.3, -0.25) is 0 Å². The highest BCUT2D eigenvalue weighted by Crippen LogP contribution is 2.17. The third kappa shape index (κ3) is 4.52. The number of nitrogens with two attached hydrogens (primary N) is 1. The van der Waals surface area contributed by atoms with Crippen LogP contribution in [0.2, 0.25) is 0 Å². The summed E-state index contributed by atoms with van der Waals surface area (Å²) >= 11 is 0. The largest absolute Gasteiger partial charge is 0.478 e. The molecule has 7 nitrogen and oxygen atoms in total. The molecule has 1 rings (SSSR count). The van der Waals surface area contributed by atoms with Crippen molar-refractivity contribution in [3.63, 3.8) is 0 Å². The Bertz CT molecular complexity index is 459. The molecule has 0 aliphatic heterocycles. The van der Waals surface area contributed by atoms with Crippen molar-refractivity contribution in [1.82, 2.24) is 0 Å². The van der Waals surface area contributed by atoms with Crippen LogP contribution in [0.5, 0.6) is 0 Å². The highest BCUT2D eigenvalue weighted by Gasteiger charge is 2.10. The molecule has 7 heteroatoms. The van der Waals surface area contributed by atoms with Crippen LogP contribution in [0.15, 0.2) is 12.1 Å². The molecule has 0 saturated carbocycles. The first kappa shape index (κ1) is 15.4. The van der Waals surface area contributed by atoms with E-state index >= 15 is 0 Å². The van der Waals surface area contributed by atoms with E-state index in [1.54, 1.807) is 26.0 Å². The SMILES string of the molecule is Cc1cc(N)cc(C)c1C(=O)O.O=C(O)C(=O)O. The fourth-order valence-electron chi connectivity index (χ4n) is 1.33. The van der Waals surface area contributed by atoms with Gasteiger partial charge in [0.1, 0.15) is 0 Å². The summed E-state index contributed by atoms with van der Waals surface area (Å²) in [6, 6.07) is 3.33. The Morgan fingerprint density at radius 2 is 1.28 bits per heavy atom. The number of anilines is 1. The van der Waals surface area contributed by atoms with Crippen LogP contribution in [0.1, 0.15) is 21.5 Å². The van der Waals surface area contributed by atoms with Crippen molar-refractivity contribution in [3.8, 4) is 0 Å². The van der Waals surface area contributed by atoms with Gasteiger partial charge in [-0.1, -0.05) is 0 Å². The van der Waals surface area contributed by atoms with E-state index in [-0.39, 0.29) is 0 Å². The molecule has 0 bridgehead atoms. The van der Waals surface area contributed by atoms with E-state index in [0.29, 0.717) is 22.4 Å². The molecule has 0 saturated heterocycles. The maximum absolute atomic E-state index is 10.7. The van der Waals surface area contributed by atoms with Gasteiger partial charge in [0.05, 0.1) is 5.56 Å². The Kier molecular flexibility index (Phi) is 5.35. The number of aliphatic carboxylic acids is 2. The molecule has 0 fully saturated rings. The van der Waals surface area contributed by atoms with Crippen molar-refractivity contribution < 1.29 is 29.7 Å².